The van der Waals surface area contributed by atoms with Crippen LogP contribution >= 0.6 is 0 Å². The topological polar surface area (TPSA) is 62.1 Å². The standard InChI is InChI=1S/C15H18N2O3/c1-10(16-20-4)12-13(18)15(2,3)17(14(12)19)11-8-6-5-7-9-11/h5-9,18H,1-4H3/b16-10+. The molecule has 0 atom stereocenters. The van der Waals surface area contributed by atoms with Crippen LogP contribution in [0.25, 0.3) is 0 Å². The van der Waals surface area contributed by atoms with Crippen molar-refractivity contribution in [1.82, 2.24) is 0 Å². The Hall–Kier alpha value is -2.30. The lowest BCUT2D eigenvalue weighted by atomic mass is 10.0. The molecule has 0 aromatic heterocycles. The first-order chi connectivity index (χ1) is 9.41. The summed E-state index contributed by atoms with van der Waals surface area (Å²) >= 11 is 0. The van der Waals surface area contributed by atoms with Gasteiger partial charge in [0.05, 0.1) is 5.71 Å². The number of hydrogen-bond acceptors (Lipinski definition) is 4. The summed E-state index contributed by atoms with van der Waals surface area (Å²) in [6.45, 7) is 5.22. The third-order valence-corrected chi connectivity index (χ3v) is 3.40. The second-order valence-electron chi connectivity index (χ2n) is 5.12. The highest BCUT2D eigenvalue weighted by Gasteiger charge is 2.47. The van der Waals surface area contributed by atoms with E-state index in [-0.39, 0.29) is 17.2 Å². The van der Waals surface area contributed by atoms with E-state index in [2.05, 4.69) is 5.16 Å². The van der Waals surface area contributed by atoms with E-state index in [4.69, 9.17) is 4.84 Å². The summed E-state index contributed by atoms with van der Waals surface area (Å²) in [5.41, 5.74) is 0.467. The summed E-state index contributed by atoms with van der Waals surface area (Å²) in [6, 6.07) is 9.24. The van der Waals surface area contributed by atoms with Gasteiger partial charge in [-0.3, -0.25) is 9.69 Å². The molecule has 0 saturated carbocycles. The van der Waals surface area contributed by atoms with E-state index in [1.54, 1.807) is 25.7 Å². The zero-order chi connectivity index (χ0) is 14.9. The first kappa shape index (κ1) is 14.1. The minimum Gasteiger partial charge on any atom is -0.509 e. The zero-order valence-electron chi connectivity index (χ0n) is 12.0. The van der Waals surface area contributed by atoms with E-state index in [0.29, 0.717) is 5.71 Å². The number of anilines is 1. The van der Waals surface area contributed by atoms with Gasteiger partial charge < -0.3 is 9.94 Å². The van der Waals surface area contributed by atoms with Crippen molar-refractivity contribution in [3.63, 3.8) is 0 Å². The first-order valence-corrected chi connectivity index (χ1v) is 6.32. The Morgan fingerprint density at radius 2 is 1.90 bits per heavy atom. The average molecular weight is 274 g/mol. The van der Waals surface area contributed by atoms with E-state index in [1.807, 2.05) is 30.3 Å². The van der Waals surface area contributed by atoms with Crippen LogP contribution in [0.3, 0.4) is 0 Å². The van der Waals surface area contributed by atoms with Crippen LogP contribution in [0, 0.1) is 0 Å². The van der Waals surface area contributed by atoms with Crippen LogP contribution in [0.1, 0.15) is 20.8 Å². The smallest absolute Gasteiger partial charge is 0.264 e. The van der Waals surface area contributed by atoms with Crippen molar-refractivity contribution in [1.29, 1.82) is 0 Å². The van der Waals surface area contributed by atoms with Crippen LogP contribution in [0.4, 0.5) is 5.69 Å². The van der Waals surface area contributed by atoms with Gasteiger partial charge in [0.1, 0.15) is 24.0 Å². The molecule has 1 aliphatic rings. The largest absolute Gasteiger partial charge is 0.509 e. The van der Waals surface area contributed by atoms with Gasteiger partial charge in [-0.1, -0.05) is 23.4 Å². The lowest BCUT2D eigenvalue weighted by Crippen LogP contribution is -2.44. The first-order valence-electron chi connectivity index (χ1n) is 6.32. The lowest BCUT2D eigenvalue weighted by molar-refractivity contribution is -0.114. The summed E-state index contributed by atoms with van der Waals surface area (Å²) in [6.07, 6.45) is 0. The van der Waals surface area contributed by atoms with Gasteiger partial charge in [0.2, 0.25) is 0 Å². The molecular formula is C15H18N2O3. The molecule has 5 heteroatoms. The molecule has 0 fully saturated rings. The van der Waals surface area contributed by atoms with Crippen molar-refractivity contribution in [3.05, 3.63) is 41.7 Å². The van der Waals surface area contributed by atoms with Crippen LogP contribution in [0.5, 0.6) is 0 Å². The molecule has 5 nitrogen and oxygen atoms in total. The molecule has 0 saturated heterocycles. The van der Waals surface area contributed by atoms with Gasteiger partial charge in [-0.05, 0) is 32.9 Å². The molecule has 20 heavy (non-hydrogen) atoms. The van der Waals surface area contributed by atoms with Crippen molar-refractivity contribution < 1.29 is 14.7 Å². The molecule has 1 N–H and O–H groups in total. The van der Waals surface area contributed by atoms with Crippen molar-refractivity contribution in [2.24, 2.45) is 5.16 Å². The molecule has 1 aromatic rings. The second-order valence-corrected chi connectivity index (χ2v) is 5.12. The van der Waals surface area contributed by atoms with Crippen LogP contribution in [0.15, 0.2) is 46.8 Å². The fraction of sp³-hybridized carbons (Fsp3) is 0.333. The van der Waals surface area contributed by atoms with Gasteiger partial charge in [0.25, 0.3) is 5.91 Å². The molecule has 1 amide bonds. The monoisotopic (exact) mass is 274 g/mol. The number of carbonyl (C=O) groups is 1. The van der Waals surface area contributed by atoms with Crippen LogP contribution in [0.2, 0.25) is 0 Å². The van der Waals surface area contributed by atoms with Gasteiger partial charge in [0.15, 0.2) is 0 Å². The maximum atomic E-state index is 12.6. The molecule has 0 aliphatic carbocycles. The number of carbonyl (C=O) groups excluding carboxylic acids is 1. The maximum Gasteiger partial charge on any atom is 0.264 e. The summed E-state index contributed by atoms with van der Waals surface area (Å²) in [7, 11) is 1.40. The van der Waals surface area contributed by atoms with Crippen molar-refractivity contribution in [2.45, 2.75) is 26.3 Å². The number of nitrogens with zero attached hydrogens (tertiary/aromatic N) is 2. The molecule has 106 valence electrons. The van der Waals surface area contributed by atoms with Crippen molar-refractivity contribution in [2.75, 3.05) is 12.0 Å². The number of benzene rings is 1. The van der Waals surface area contributed by atoms with E-state index < -0.39 is 5.54 Å². The van der Waals surface area contributed by atoms with Gasteiger partial charge in [-0.2, -0.15) is 0 Å². The molecule has 0 bridgehead atoms. The van der Waals surface area contributed by atoms with Crippen molar-refractivity contribution in [3.8, 4) is 0 Å². The SMILES string of the molecule is CO/N=C(\C)C1=C(O)C(C)(C)N(c2ccccc2)C1=O. The molecule has 0 radical (unpaired) electrons. The van der Waals surface area contributed by atoms with Gasteiger partial charge in [-0.15, -0.1) is 0 Å². The Bertz CT molecular complexity index is 588. The van der Waals surface area contributed by atoms with E-state index in [1.165, 1.54) is 7.11 Å². The Morgan fingerprint density at radius 1 is 1.30 bits per heavy atom. The minimum absolute atomic E-state index is 0.00431. The normalized spacial score (nSPS) is 18.7. The molecule has 1 aromatic carbocycles. The predicted molar refractivity (Wildman–Crippen MR) is 77.8 cm³/mol. The van der Waals surface area contributed by atoms with Gasteiger partial charge in [0, 0.05) is 5.69 Å². The summed E-state index contributed by atoms with van der Waals surface area (Å²) in [5.74, 6) is -0.276. The van der Waals surface area contributed by atoms with Crippen LogP contribution in [-0.4, -0.2) is 29.4 Å². The number of aliphatic hydroxyl groups excluding tert-OH is 1. The van der Waals surface area contributed by atoms with Crippen molar-refractivity contribution >= 4 is 17.3 Å². The van der Waals surface area contributed by atoms with Crippen LogP contribution < -0.4 is 4.90 Å². The second kappa shape index (κ2) is 5.00. The number of rotatable bonds is 3. The predicted octanol–water partition coefficient (Wildman–Crippen LogP) is 2.65. The fourth-order valence-corrected chi connectivity index (χ4v) is 2.40. The minimum atomic E-state index is -0.821. The highest BCUT2D eigenvalue weighted by Crippen LogP contribution is 2.38. The number of hydrogen-bond donors (Lipinski definition) is 1. The number of para-hydroxylation sites is 1. The van der Waals surface area contributed by atoms with Crippen LogP contribution in [-0.2, 0) is 9.63 Å². The molecule has 1 heterocycles. The van der Waals surface area contributed by atoms with Gasteiger partial charge in [-0.25, -0.2) is 0 Å². The number of aliphatic hydroxyl groups is 1. The molecular weight excluding hydrogens is 256 g/mol. The highest BCUT2D eigenvalue weighted by atomic mass is 16.6. The fourth-order valence-electron chi connectivity index (χ4n) is 2.40. The molecule has 0 unspecified atom stereocenters. The van der Waals surface area contributed by atoms with E-state index in [9.17, 15) is 9.90 Å². The third-order valence-electron chi connectivity index (χ3n) is 3.40. The Labute approximate surface area is 118 Å². The third kappa shape index (κ3) is 2.05. The Morgan fingerprint density at radius 3 is 2.45 bits per heavy atom. The maximum absolute atomic E-state index is 12.6. The quantitative estimate of drug-likeness (QED) is 0.681. The average Bonchev–Trinajstić information content (AvgIpc) is 2.57. The van der Waals surface area contributed by atoms with Gasteiger partial charge >= 0.3 is 0 Å². The molecule has 0 spiro atoms. The van der Waals surface area contributed by atoms with E-state index >= 15 is 0 Å². The molecule has 2 rings (SSSR count). The number of amides is 1. The summed E-state index contributed by atoms with van der Waals surface area (Å²) in [4.78, 5) is 18.9. The zero-order valence-corrected chi connectivity index (χ0v) is 12.0. The summed E-state index contributed by atoms with van der Waals surface area (Å²) in [5, 5.41) is 14.1. The summed E-state index contributed by atoms with van der Waals surface area (Å²) < 4.78 is 0. The molecule has 1 aliphatic heterocycles. The lowest BCUT2D eigenvalue weighted by Gasteiger charge is -2.32. The Kier molecular flexibility index (Phi) is 3.53. The number of oxime groups is 1. The Balaban J connectivity index is 2.52. The van der Waals surface area contributed by atoms with E-state index in [0.717, 1.165) is 5.69 Å². The highest BCUT2D eigenvalue weighted by molar-refractivity contribution is 6.28.